The highest BCUT2D eigenvalue weighted by molar-refractivity contribution is 7.15. The van der Waals surface area contributed by atoms with Gasteiger partial charge in [0.2, 0.25) is 5.13 Å². The molecule has 0 atom stereocenters. The Hall–Kier alpha value is -1.86. The van der Waals surface area contributed by atoms with Crippen LogP contribution in [0.3, 0.4) is 0 Å². The van der Waals surface area contributed by atoms with Gasteiger partial charge in [0.25, 0.3) is 0 Å². The van der Waals surface area contributed by atoms with E-state index in [4.69, 9.17) is 11.6 Å². The van der Waals surface area contributed by atoms with E-state index in [-0.39, 0.29) is 6.03 Å². The van der Waals surface area contributed by atoms with E-state index in [2.05, 4.69) is 20.4 Å². The molecular weight excluding hydrogens is 322 g/mol. The number of piperazine rings is 1. The van der Waals surface area contributed by atoms with Crippen LogP contribution in [0.5, 0.6) is 0 Å². The molecule has 1 aromatic heterocycles. The number of aromatic nitrogens is 2. The summed E-state index contributed by atoms with van der Waals surface area (Å²) in [5, 5.41) is 13.6. The summed E-state index contributed by atoms with van der Waals surface area (Å²) in [6.07, 6.45) is 0. The number of aryl methyl sites for hydroxylation is 1. The smallest absolute Gasteiger partial charge is 0.321 e. The number of halogens is 1. The zero-order valence-electron chi connectivity index (χ0n) is 12.1. The maximum atomic E-state index is 12.2. The predicted octanol–water partition coefficient (Wildman–Crippen LogP) is 2.85. The quantitative estimate of drug-likeness (QED) is 0.915. The summed E-state index contributed by atoms with van der Waals surface area (Å²) in [7, 11) is 0. The monoisotopic (exact) mass is 337 g/mol. The average molecular weight is 338 g/mol. The van der Waals surface area contributed by atoms with Crippen molar-refractivity contribution in [3.05, 3.63) is 34.3 Å². The van der Waals surface area contributed by atoms with E-state index >= 15 is 0 Å². The number of carbonyl (C=O) groups excluding carboxylic acids is 1. The highest BCUT2D eigenvalue weighted by Gasteiger charge is 2.23. The largest absolute Gasteiger partial charge is 0.343 e. The van der Waals surface area contributed by atoms with Crippen LogP contribution < -0.4 is 10.2 Å². The van der Waals surface area contributed by atoms with Crippen LogP contribution in [0.15, 0.2) is 24.3 Å². The van der Waals surface area contributed by atoms with E-state index in [1.54, 1.807) is 40.5 Å². The highest BCUT2D eigenvalue weighted by atomic mass is 35.5. The Kier molecular flexibility index (Phi) is 4.44. The van der Waals surface area contributed by atoms with Crippen LogP contribution >= 0.6 is 22.9 Å². The summed E-state index contributed by atoms with van der Waals surface area (Å²) in [6, 6.07) is 7.01. The molecule has 0 radical (unpaired) electrons. The van der Waals surface area contributed by atoms with Gasteiger partial charge in [-0.1, -0.05) is 22.9 Å². The van der Waals surface area contributed by atoms with Crippen LogP contribution in [-0.4, -0.2) is 47.3 Å². The topological polar surface area (TPSA) is 61.4 Å². The second kappa shape index (κ2) is 6.50. The zero-order valence-corrected chi connectivity index (χ0v) is 13.7. The zero-order chi connectivity index (χ0) is 15.5. The van der Waals surface area contributed by atoms with Gasteiger partial charge in [0.05, 0.1) is 0 Å². The van der Waals surface area contributed by atoms with Crippen molar-refractivity contribution in [2.24, 2.45) is 0 Å². The van der Waals surface area contributed by atoms with Crippen LogP contribution in [0.4, 0.5) is 15.6 Å². The molecule has 1 fully saturated rings. The summed E-state index contributed by atoms with van der Waals surface area (Å²) in [4.78, 5) is 16.2. The molecule has 1 aliphatic heterocycles. The summed E-state index contributed by atoms with van der Waals surface area (Å²) in [6.45, 7) is 4.80. The molecule has 1 N–H and O–H groups in total. The molecule has 22 heavy (non-hydrogen) atoms. The first kappa shape index (κ1) is 15.1. The number of nitrogens with one attached hydrogen (secondary N) is 1. The van der Waals surface area contributed by atoms with Gasteiger partial charge < -0.3 is 15.1 Å². The van der Waals surface area contributed by atoms with Gasteiger partial charge in [-0.2, -0.15) is 0 Å². The van der Waals surface area contributed by atoms with E-state index in [1.807, 2.05) is 6.92 Å². The average Bonchev–Trinajstić information content (AvgIpc) is 2.96. The second-order valence-corrected chi connectivity index (χ2v) is 6.61. The van der Waals surface area contributed by atoms with E-state index < -0.39 is 0 Å². The fourth-order valence-corrected chi connectivity index (χ4v) is 3.12. The first-order valence-corrected chi connectivity index (χ1v) is 8.18. The van der Waals surface area contributed by atoms with Crippen LogP contribution in [0, 0.1) is 6.92 Å². The van der Waals surface area contributed by atoms with Gasteiger partial charge in [-0.25, -0.2) is 4.79 Å². The standard InChI is InChI=1S/C14H16ClN5OS/c1-10-17-18-14(22-10)20-8-6-19(7-9-20)13(21)16-12-4-2-11(15)3-5-12/h2-5H,6-9H2,1H3,(H,16,21). The maximum absolute atomic E-state index is 12.2. The number of hydrogen-bond donors (Lipinski definition) is 1. The Morgan fingerprint density at radius 1 is 1.18 bits per heavy atom. The van der Waals surface area contributed by atoms with Crippen LogP contribution in [-0.2, 0) is 0 Å². The molecule has 2 aromatic rings. The molecule has 0 saturated carbocycles. The van der Waals surface area contributed by atoms with Gasteiger partial charge in [-0.3, -0.25) is 0 Å². The normalized spacial score (nSPS) is 15.0. The van der Waals surface area contributed by atoms with Gasteiger partial charge >= 0.3 is 6.03 Å². The van der Waals surface area contributed by atoms with E-state index in [9.17, 15) is 4.79 Å². The lowest BCUT2D eigenvalue weighted by atomic mass is 10.3. The number of anilines is 2. The molecule has 0 unspecified atom stereocenters. The Morgan fingerprint density at radius 2 is 1.86 bits per heavy atom. The SMILES string of the molecule is Cc1nnc(N2CCN(C(=O)Nc3ccc(Cl)cc3)CC2)s1. The van der Waals surface area contributed by atoms with E-state index in [0.29, 0.717) is 18.1 Å². The summed E-state index contributed by atoms with van der Waals surface area (Å²) >= 11 is 7.41. The van der Waals surface area contributed by atoms with E-state index in [0.717, 1.165) is 28.9 Å². The second-order valence-electron chi connectivity index (χ2n) is 5.01. The molecule has 0 aliphatic carbocycles. The third-order valence-electron chi connectivity index (χ3n) is 3.45. The maximum Gasteiger partial charge on any atom is 0.321 e. The molecule has 6 nitrogen and oxygen atoms in total. The third-order valence-corrected chi connectivity index (χ3v) is 4.60. The molecule has 1 saturated heterocycles. The minimum atomic E-state index is -0.0876. The molecule has 2 heterocycles. The third kappa shape index (κ3) is 3.48. The fourth-order valence-electron chi connectivity index (χ4n) is 2.25. The van der Waals surface area contributed by atoms with Gasteiger partial charge in [-0.15, -0.1) is 10.2 Å². The Bertz CT molecular complexity index is 652. The Labute approximate surface area is 137 Å². The van der Waals surface area contributed by atoms with Crippen LogP contribution in [0.1, 0.15) is 5.01 Å². The van der Waals surface area contributed by atoms with Crippen molar-refractivity contribution in [1.82, 2.24) is 15.1 Å². The minimum absolute atomic E-state index is 0.0876. The van der Waals surface area contributed by atoms with Crippen LogP contribution in [0.25, 0.3) is 0 Å². The molecule has 0 bridgehead atoms. The number of rotatable bonds is 2. The number of urea groups is 1. The van der Waals surface area contributed by atoms with Crippen molar-refractivity contribution < 1.29 is 4.79 Å². The van der Waals surface area contributed by atoms with Crippen molar-refractivity contribution in [3.63, 3.8) is 0 Å². The molecule has 2 amide bonds. The Morgan fingerprint density at radius 3 is 2.45 bits per heavy atom. The first-order valence-electron chi connectivity index (χ1n) is 6.98. The summed E-state index contributed by atoms with van der Waals surface area (Å²) < 4.78 is 0. The predicted molar refractivity (Wildman–Crippen MR) is 88.9 cm³/mol. The summed E-state index contributed by atoms with van der Waals surface area (Å²) in [5.74, 6) is 0. The number of nitrogens with zero attached hydrogens (tertiary/aromatic N) is 4. The number of benzene rings is 1. The van der Waals surface area contributed by atoms with Crippen molar-refractivity contribution in [3.8, 4) is 0 Å². The molecule has 1 aromatic carbocycles. The number of amides is 2. The van der Waals surface area contributed by atoms with Gasteiger partial charge in [0.15, 0.2) is 0 Å². The molecule has 1 aliphatic rings. The lowest BCUT2D eigenvalue weighted by molar-refractivity contribution is 0.208. The van der Waals surface area contributed by atoms with Crippen molar-refractivity contribution in [1.29, 1.82) is 0 Å². The van der Waals surface area contributed by atoms with Gasteiger partial charge in [0.1, 0.15) is 5.01 Å². The van der Waals surface area contributed by atoms with E-state index in [1.165, 1.54) is 0 Å². The lowest BCUT2D eigenvalue weighted by Gasteiger charge is -2.34. The molecular formula is C14H16ClN5OS. The molecule has 0 spiro atoms. The van der Waals surface area contributed by atoms with Gasteiger partial charge in [-0.05, 0) is 31.2 Å². The number of carbonyl (C=O) groups is 1. The van der Waals surface area contributed by atoms with Crippen molar-refractivity contribution in [2.45, 2.75) is 6.92 Å². The van der Waals surface area contributed by atoms with Crippen molar-refractivity contribution in [2.75, 3.05) is 36.4 Å². The first-order chi connectivity index (χ1) is 10.6. The lowest BCUT2D eigenvalue weighted by Crippen LogP contribution is -2.50. The molecule has 116 valence electrons. The summed E-state index contributed by atoms with van der Waals surface area (Å²) in [5.41, 5.74) is 0.747. The highest BCUT2D eigenvalue weighted by Crippen LogP contribution is 2.21. The minimum Gasteiger partial charge on any atom is -0.343 e. The van der Waals surface area contributed by atoms with Crippen molar-refractivity contribution >= 4 is 39.8 Å². The molecule has 3 rings (SSSR count). The molecule has 8 heteroatoms. The fraction of sp³-hybridized carbons (Fsp3) is 0.357. The van der Waals surface area contributed by atoms with Crippen LogP contribution in [0.2, 0.25) is 5.02 Å². The van der Waals surface area contributed by atoms with Gasteiger partial charge in [0, 0.05) is 36.9 Å². The number of hydrogen-bond acceptors (Lipinski definition) is 5. The Balaban J connectivity index is 1.54.